The summed E-state index contributed by atoms with van der Waals surface area (Å²) in [5.41, 5.74) is 2.31. The molecule has 5 nitrogen and oxygen atoms in total. The van der Waals surface area contributed by atoms with Crippen LogP contribution in [0.1, 0.15) is 21.1 Å². The van der Waals surface area contributed by atoms with E-state index in [4.69, 9.17) is 11.6 Å². The van der Waals surface area contributed by atoms with Gasteiger partial charge in [0.25, 0.3) is 5.91 Å². The number of aromatic nitrogens is 3. The highest BCUT2D eigenvalue weighted by atomic mass is 35.5. The average molecular weight is 389 g/mol. The zero-order chi connectivity index (χ0) is 17.4. The van der Waals surface area contributed by atoms with E-state index in [9.17, 15) is 4.79 Å². The van der Waals surface area contributed by atoms with Crippen LogP contribution in [0.3, 0.4) is 0 Å². The van der Waals surface area contributed by atoms with Crippen LogP contribution in [0.25, 0.3) is 15.5 Å². The number of thiazole rings is 1. The number of nitrogens with zero attached hydrogens (tertiary/aromatic N) is 3. The van der Waals surface area contributed by atoms with Crippen LogP contribution < -0.4 is 5.32 Å². The molecular formula is C17H13ClN4OS2. The fraction of sp³-hybridized carbons (Fsp3) is 0.118. The van der Waals surface area contributed by atoms with Crippen LogP contribution in [0.15, 0.2) is 42.0 Å². The minimum absolute atomic E-state index is 0.132. The maximum absolute atomic E-state index is 12.5. The molecule has 0 radical (unpaired) electrons. The summed E-state index contributed by atoms with van der Waals surface area (Å²) in [6.45, 7) is 2.21. The second-order valence-electron chi connectivity index (χ2n) is 5.44. The monoisotopic (exact) mass is 388 g/mol. The first-order valence-electron chi connectivity index (χ1n) is 7.53. The summed E-state index contributed by atoms with van der Waals surface area (Å²) in [5, 5.41) is 6.43. The van der Waals surface area contributed by atoms with E-state index >= 15 is 0 Å². The molecule has 126 valence electrons. The first-order chi connectivity index (χ1) is 12.1. The number of fused-ring (bicyclic) bond motifs is 1. The Morgan fingerprint density at radius 3 is 2.96 bits per heavy atom. The molecule has 0 aliphatic rings. The number of imidazole rings is 1. The normalized spacial score (nSPS) is 11.1. The van der Waals surface area contributed by atoms with Crippen LogP contribution in [-0.4, -0.2) is 20.3 Å². The third kappa shape index (κ3) is 3.30. The predicted octanol–water partition coefficient (Wildman–Crippen LogP) is 4.41. The number of carbonyl (C=O) groups excluding carboxylic acids is 1. The lowest BCUT2D eigenvalue weighted by atomic mass is 10.3. The number of pyridine rings is 1. The van der Waals surface area contributed by atoms with Gasteiger partial charge in [0.2, 0.25) is 0 Å². The van der Waals surface area contributed by atoms with Crippen LogP contribution in [0.4, 0.5) is 0 Å². The van der Waals surface area contributed by atoms with Crippen molar-refractivity contribution in [1.82, 2.24) is 19.7 Å². The van der Waals surface area contributed by atoms with Crippen molar-refractivity contribution < 1.29 is 4.79 Å². The molecule has 0 aliphatic carbocycles. The van der Waals surface area contributed by atoms with Gasteiger partial charge in [-0.1, -0.05) is 17.7 Å². The van der Waals surface area contributed by atoms with Crippen molar-refractivity contribution in [1.29, 1.82) is 0 Å². The molecule has 0 saturated heterocycles. The van der Waals surface area contributed by atoms with E-state index in [-0.39, 0.29) is 5.91 Å². The van der Waals surface area contributed by atoms with Gasteiger partial charge in [0, 0.05) is 12.4 Å². The fourth-order valence-corrected chi connectivity index (χ4v) is 4.41. The van der Waals surface area contributed by atoms with Crippen molar-refractivity contribution in [3.8, 4) is 9.88 Å². The number of aryl methyl sites for hydroxylation is 1. The van der Waals surface area contributed by atoms with E-state index in [0.29, 0.717) is 16.4 Å². The smallest absolute Gasteiger partial charge is 0.263 e. The lowest BCUT2D eigenvalue weighted by molar-refractivity contribution is 0.0953. The van der Waals surface area contributed by atoms with Crippen molar-refractivity contribution in [2.45, 2.75) is 13.5 Å². The highest BCUT2D eigenvalue weighted by Crippen LogP contribution is 2.31. The molecule has 4 heterocycles. The summed E-state index contributed by atoms with van der Waals surface area (Å²) in [7, 11) is 0. The number of carbonyl (C=O) groups is 1. The Balaban J connectivity index is 1.50. The molecule has 4 aromatic heterocycles. The largest absolute Gasteiger partial charge is 0.346 e. The van der Waals surface area contributed by atoms with Gasteiger partial charge in [0.1, 0.15) is 15.5 Å². The highest BCUT2D eigenvalue weighted by Gasteiger charge is 2.17. The van der Waals surface area contributed by atoms with Gasteiger partial charge in [0.05, 0.1) is 27.8 Å². The number of thiophene rings is 1. The van der Waals surface area contributed by atoms with E-state index in [1.807, 2.05) is 41.1 Å². The van der Waals surface area contributed by atoms with E-state index in [1.54, 1.807) is 23.6 Å². The number of halogens is 1. The van der Waals surface area contributed by atoms with Gasteiger partial charge >= 0.3 is 0 Å². The summed E-state index contributed by atoms with van der Waals surface area (Å²) >= 11 is 9.00. The highest BCUT2D eigenvalue weighted by molar-refractivity contribution is 7.22. The molecule has 1 N–H and O–H groups in total. The Labute approximate surface area is 156 Å². The number of hydrogen-bond acceptors (Lipinski definition) is 5. The predicted molar refractivity (Wildman–Crippen MR) is 102 cm³/mol. The van der Waals surface area contributed by atoms with Crippen LogP contribution >= 0.6 is 34.3 Å². The lowest BCUT2D eigenvalue weighted by Gasteiger charge is -2.01. The number of hydrogen-bond donors (Lipinski definition) is 1. The van der Waals surface area contributed by atoms with E-state index in [1.165, 1.54) is 11.3 Å². The molecule has 0 bridgehead atoms. The average Bonchev–Trinajstić information content (AvgIpc) is 3.30. The Bertz CT molecular complexity index is 1050. The standard InChI is InChI=1S/C17H13ClN4OS2/c1-10-15(25-17(20-10)13-3-2-6-24-13)16(23)19-7-12-9-22-8-11(18)4-5-14(22)21-12/h2-6,8-9H,7H2,1H3,(H,19,23). The van der Waals surface area contributed by atoms with Crippen LogP contribution in [0.2, 0.25) is 5.02 Å². The molecule has 4 aromatic rings. The fourth-order valence-electron chi connectivity index (χ4n) is 2.47. The topological polar surface area (TPSA) is 59.3 Å². The zero-order valence-electron chi connectivity index (χ0n) is 13.2. The van der Waals surface area contributed by atoms with Crippen LogP contribution in [-0.2, 0) is 6.54 Å². The maximum Gasteiger partial charge on any atom is 0.263 e. The van der Waals surface area contributed by atoms with Gasteiger partial charge in [-0.05, 0) is 30.5 Å². The van der Waals surface area contributed by atoms with E-state index in [0.717, 1.165) is 26.9 Å². The van der Waals surface area contributed by atoms with Crippen molar-refractivity contribution >= 4 is 45.8 Å². The maximum atomic E-state index is 12.5. The van der Waals surface area contributed by atoms with Crippen molar-refractivity contribution in [3.05, 3.63) is 63.3 Å². The Kier molecular flexibility index (Phi) is 4.29. The summed E-state index contributed by atoms with van der Waals surface area (Å²) in [6.07, 6.45) is 3.65. The SMILES string of the molecule is Cc1nc(-c2cccs2)sc1C(=O)NCc1cn2cc(Cl)ccc2n1. The second-order valence-corrected chi connectivity index (χ2v) is 7.82. The van der Waals surface area contributed by atoms with Gasteiger partial charge in [-0.25, -0.2) is 9.97 Å². The molecule has 4 rings (SSSR count). The molecular weight excluding hydrogens is 376 g/mol. The molecule has 1 amide bonds. The Morgan fingerprint density at radius 1 is 1.28 bits per heavy atom. The third-order valence-electron chi connectivity index (χ3n) is 3.63. The first kappa shape index (κ1) is 16.3. The van der Waals surface area contributed by atoms with Gasteiger partial charge in [-0.15, -0.1) is 22.7 Å². The number of rotatable bonds is 4. The molecule has 8 heteroatoms. The molecule has 0 aliphatic heterocycles. The quantitative estimate of drug-likeness (QED) is 0.563. The summed E-state index contributed by atoms with van der Waals surface area (Å²) < 4.78 is 1.84. The third-order valence-corrected chi connectivity index (χ3v) is 6.05. The van der Waals surface area contributed by atoms with Gasteiger partial charge in [-0.3, -0.25) is 4.79 Å². The summed E-state index contributed by atoms with van der Waals surface area (Å²) in [5.74, 6) is -0.132. The minimum atomic E-state index is -0.132. The lowest BCUT2D eigenvalue weighted by Crippen LogP contribution is -2.22. The number of amides is 1. The molecule has 25 heavy (non-hydrogen) atoms. The molecule has 0 fully saturated rings. The van der Waals surface area contributed by atoms with E-state index < -0.39 is 0 Å². The molecule has 0 aromatic carbocycles. The second kappa shape index (κ2) is 6.59. The minimum Gasteiger partial charge on any atom is -0.346 e. The van der Waals surface area contributed by atoms with Gasteiger partial charge in [-0.2, -0.15) is 0 Å². The first-order valence-corrected chi connectivity index (χ1v) is 9.60. The van der Waals surface area contributed by atoms with Crippen LogP contribution in [0, 0.1) is 6.92 Å². The zero-order valence-corrected chi connectivity index (χ0v) is 15.6. The molecule has 0 saturated carbocycles. The summed E-state index contributed by atoms with van der Waals surface area (Å²) in [6, 6.07) is 7.62. The Hall–Kier alpha value is -2.22. The molecule has 0 unspecified atom stereocenters. The molecule has 0 atom stereocenters. The van der Waals surface area contributed by atoms with Gasteiger partial charge < -0.3 is 9.72 Å². The van der Waals surface area contributed by atoms with Gasteiger partial charge in [0.15, 0.2) is 0 Å². The number of nitrogens with one attached hydrogen (secondary N) is 1. The Morgan fingerprint density at radius 2 is 2.16 bits per heavy atom. The van der Waals surface area contributed by atoms with Crippen molar-refractivity contribution in [2.75, 3.05) is 0 Å². The van der Waals surface area contributed by atoms with E-state index in [2.05, 4.69) is 15.3 Å². The van der Waals surface area contributed by atoms with Crippen molar-refractivity contribution in [2.24, 2.45) is 0 Å². The molecule has 0 spiro atoms. The van der Waals surface area contributed by atoms with Crippen LogP contribution in [0.5, 0.6) is 0 Å². The summed E-state index contributed by atoms with van der Waals surface area (Å²) in [4.78, 5) is 23.2. The van der Waals surface area contributed by atoms with Crippen molar-refractivity contribution in [3.63, 3.8) is 0 Å².